The third-order valence-corrected chi connectivity index (χ3v) is 4.03. The van der Waals surface area contributed by atoms with Gasteiger partial charge in [0.25, 0.3) is 5.91 Å². The van der Waals surface area contributed by atoms with Gasteiger partial charge in [0.1, 0.15) is 5.58 Å². The van der Waals surface area contributed by atoms with E-state index in [0.29, 0.717) is 21.5 Å². The molecule has 0 aliphatic rings. The van der Waals surface area contributed by atoms with Gasteiger partial charge in [-0.1, -0.05) is 6.07 Å². The summed E-state index contributed by atoms with van der Waals surface area (Å²) >= 11 is 1.29. The van der Waals surface area contributed by atoms with Gasteiger partial charge in [0, 0.05) is 11.1 Å². The minimum absolute atomic E-state index is 0.166. The molecule has 2 amide bonds. The molecular formula is C16H12N2O5S. The lowest BCUT2D eigenvalue weighted by Gasteiger charge is -2.06. The topological polar surface area (TPSA) is 109 Å². The standard InChI is InChI=1S/C16H12N2O5S/c19-14(8-17-15(20)13-2-1-5-24-13)18-10-3-4-11-9(6-10)7-12(23-11)16(21)22/h1-7H,8H2,(H,17,20)(H,18,19)(H,21,22). The Kier molecular flexibility index (Phi) is 4.30. The van der Waals surface area contributed by atoms with E-state index in [0.717, 1.165) is 0 Å². The summed E-state index contributed by atoms with van der Waals surface area (Å²) in [6, 6.07) is 9.57. The van der Waals surface area contributed by atoms with Crippen LogP contribution in [0.1, 0.15) is 20.2 Å². The van der Waals surface area contributed by atoms with Crippen molar-refractivity contribution >= 4 is 45.8 Å². The van der Waals surface area contributed by atoms with E-state index < -0.39 is 5.97 Å². The van der Waals surface area contributed by atoms with Crippen LogP contribution in [0.25, 0.3) is 11.0 Å². The summed E-state index contributed by atoms with van der Waals surface area (Å²) in [5.74, 6) is -2.03. The molecule has 0 saturated carbocycles. The van der Waals surface area contributed by atoms with Gasteiger partial charge in [-0.25, -0.2) is 4.79 Å². The summed E-state index contributed by atoms with van der Waals surface area (Å²) in [5.41, 5.74) is 0.895. The summed E-state index contributed by atoms with van der Waals surface area (Å²) in [7, 11) is 0. The number of nitrogens with one attached hydrogen (secondary N) is 2. The molecule has 0 aliphatic heterocycles. The number of rotatable bonds is 5. The summed E-state index contributed by atoms with van der Waals surface area (Å²) in [5, 5.41) is 16.4. The van der Waals surface area contributed by atoms with E-state index in [1.165, 1.54) is 17.4 Å². The molecule has 2 aromatic heterocycles. The quantitative estimate of drug-likeness (QED) is 0.659. The average Bonchev–Trinajstić information content (AvgIpc) is 3.21. The van der Waals surface area contributed by atoms with Gasteiger partial charge in [0.2, 0.25) is 11.7 Å². The van der Waals surface area contributed by atoms with Gasteiger partial charge in [-0.05, 0) is 35.7 Å². The Hall–Kier alpha value is -3.13. The van der Waals surface area contributed by atoms with E-state index in [2.05, 4.69) is 10.6 Å². The van der Waals surface area contributed by atoms with Gasteiger partial charge < -0.3 is 20.2 Å². The van der Waals surface area contributed by atoms with Crippen molar-refractivity contribution < 1.29 is 23.9 Å². The minimum atomic E-state index is -1.16. The fraction of sp³-hybridized carbons (Fsp3) is 0.0625. The van der Waals surface area contributed by atoms with Gasteiger partial charge in [-0.15, -0.1) is 11.3 Å². The maximum absolute atomic E-state index is 11.9. The fourth-order valence-electron chi connectivity index (χ4n) is 2.09. The molecule has 2 heterocycles. The number of carbonyl (C=O) groups excluding carboxylic acids is 2. The Labute approximate surface area is 139 Å². The fourth-order valence-corrected chi connectivity index (χ4v) is 2.73. The largest absolute Gasteiger partial charge is 0.475 e. The van der Waals surface area contributed by atoms with Crippen LogP contribution in [0.2, 0.25) is 0 Å². The highest BCUT2D eigenvalue weighted by atomic mass is 32.1. The number of thiophene rings is 1. The number of benzene rings is 1. The van der Waals surface area contributed by atoms with Crippen LogP contribution in [0.3, 0.4) is 0 Å². The molecule has 0 bridgehead atoms. The van der Waals surface area contributed by atoms with Crippen molar-refractivity contribution in [3.05, 3.63) is 52.4 Å². The van der Waals surface area contributed by atoms with Gasteiger partial charge in [-0.3, -0.25) is 9.59 Å². The number of carboxylic acid groups (broad SMARTS) is 1. The Morgan fingerprint density at radius 1 is 1.17 bits per heavy atom. The maximum Gasteiger partial charge on any atom is 0.371 e. The predicted octanol–water partition coefficient (Wildman–Crippen LogP) is 2.56. The van der Waals surface area contributed by atoms with E-state index in [-0.39, 0.29) is 24.1 Å². The molecule has 3 N–H and O–H groups in total. The molecule has 0 saturated heterocycles. The number of hydrogen-bond donors (Lipinski definition) is 3. The number of carboxylic acids is 1. The van der Waals surface area contributed by atoms with Gasteiger partial charge in [0.05, 0.1) is 11.4 Å². The van der Waals surface area contributed by atoms with Crippen LogP contribution in [0.5, 0.6) is 0 Å². The predicted molar refractivity (Wildman–Crippen MR) is 88.5 cm³/mol. The zero-order valence-corrected chi connectivity index (χ0v) is 13.1. The van der Waals surface area contributed by atoms with E-state index in [4.69, 9.17) is 9.52 Å². The highest BCUT2D eigenvalue weighted by molar-refractivity contribution is 7.12. The second-order valence-corrected chi connectivity index (χ2v) is 5.82. The lowest BCUT2D eigenvalue weighted by atomic mass is 10.2. The van der Waals surface area contributed by atoms with Crippen LogP contribution in [-0.4, -0.2) is 29.4 Å². The van der Waals surface area contributed by atoms with E-state index in [1.807, 2.05) is 0 Å². The van der Waals surface area contributed by atoms with Crippen LogP contribution in [-0.2, 0) is 4.79 Å². The van der Waals surface area contributed by atoms with Gasteiger partial charge in [-0.2, -0.15) is 0 Å². The molecule has 1 aromatic carbocycles. The number of anilines is 1. The van der Waals surface area contributed by atoms with E-state index in [9.17, 15) is 14.4 Å². The zero-order valence-electron chi connectivity index (χ0n) is 12.2. The van der Waals surface area contributed by atoms with Crippen LogP contribution < -0.4 is 10.6 Å². The molecule has 7 nitrogen and oxygen atoms in total. The maximum atomic E-state index is 11.9. The van der Waals surface area contributed by atoms with Crippen molar-refractivity contribution in [2.75, 3.05) is 11.9 Å². The summed E-state index contributed by atoms with van der Waals surface area (Å²) < 4.78 is 5.14. The first-order chi connectivity index (χ1) is 11.5. The molecular weight excluding hydrogens is 332 g/mol. The zero-order chi connectivity index (χ0) is 17.1. The number of aromatic carboxylic acids is 1. The molecule has 8 heteroatoms. The first-order valence-electron chi connectivity index (χ1n) is 6.91. The van der Waals surface area contributed by atoms with Crippen LogP contribution in [0.15, 0.2) is 46.2 Å². The van der Waals surface area contributed by atoms with Crippen molar-refractivity contribution in [3.8, 4) is 0 Å². The molecule has 0 radical (unpaired) electrons. The average molecular weight is 344 g/mol. The van der Waals surface area contributed by atoms with Crippen molar-refractivity contribution in [1.29, 1.82) is 0 Å². The monoisotopic (exact) mass is 344 g/mol. The Balaban J connectivity index is 1.62. The second kappa shape index (κ2) is 6.55. The molecule has 0 unspecified atom stereocenters. The number of carbonyl (C=O) groups is 3. The number of fused-ring (bicyclic) bond motifs is 1. The van der Waals surface area contributed by atoms with Crippen molar-refractivity contribution in [2.24, 2.45) is 0 Å². The molecule has 0 fully saturated rings. The Morgan fingerprint density at radius 3 is 2.71 bits per heavy atom. The van der Waals surface area contributed by atoms with Crippen LogP contribution in [0.4, 0.5) is 5.69 Å². The molecule has 0 atom stereocenters. The van der Waals surface area contributed by atoms with Crippen LogP contribution >= 0.6 is 11.3 Å². The smallest absolute Gasteiger partial charge is 0.371 e. The van der Waals surface area contributed by atoms with Gasteiger partial charge >= 0.3 is 5.97 Å². The minimum Gasteiger partial charge on any atom is -0.475 e. The Morgan fingerprint density at radius 2 is 2.00 bits per heavy atom. The normalized spacial score (nSPS) is 10.5. The first-order valence-corrected chi connectivity index (χ1v) is 7.79. The van der Waals surface area contributed by atoms with Crippen molar-refractivity contribution in [2.45, 2.75) is 0 Å². The van der Waals surface area contributed by atoms with Gasteiger partial charge in [0.15, 0.2) is 0 Å². The lowest BCUT2D eigenvalue weighted by Crippen LogP contribution is -2.32. The number of amides is 2. The highest BCUT2D eigenvalue weighted by Gasteiger charge is 2.12. The summed E-state index contributed by atoms with van der Waals surface area (Å²) in [6.45, 7) is -0.166. The molecule has 24 heavy (non-hydrogen) atoms. The number of hydrogen-bond acceptors (Lipinski definition) is 5. The lowest BCUT2D eigenvalue weighted by molar-refractivity contribution is -0.115. The molecule has 0 spiro atoms. The molecule has 3 aromatic rings. The van der Waals surface area contributed by atoms with E-state index >= 15 is 0 Å². The molecule has 0 aliphatic carbocycles. The third kappa shape index (κ3) is 3.44. The third-order valence-electron chi connectivity index (χ3n) is 3.17. The second-order valence-electron chi connectivity index (χ2n) is 4.88. The first kappa shape index (κ1) is 15.8. The SMILES string of the molecule is O=C(CNC(=O)c1cccs1)Nc1ccc2oc(C(=O)O)cc2c1. The summed E-state index contributed by atoms with van der Waals surface area (Å²) in [6.07, 6.45) is 0. The highest BCUT2D eigenvalue weighted by Crippen LogP contribution is 2.23. The van der Waals surface area contributed by atoms with E-state index in [1.54, 1.807) is 35.7 Å². The Bertz CT molecular complexity index is 914. The van der Waals surface area contributed by atoms with Crippen molar-refractivity contribution in [1.82, 2.24) is 5.32 Å². The molecule has 122 valence electrons. The number of furan rings is 1. The molecule has 3 rings (SSSR count). The van der Waals surface area contributed by atoms with Crippen molar-refractivity contribution in [3.63, 3.8) is 0 Å². The summed E-state index contributed by atoms with van der Waals surface area (Å²) in [4.78, 5) is 35.1. The van der Waals surface area contributed by atoms with Crippen LogP contribution in [0, 0.1) is 0 Å².